The van der Waals surface area contributed by atoms with Gasteiger partial charge in [0.25, 0.3) is 6.47 Å². The number of azide groups is 1. The van der Waals surface area contributed by atoms with Gasteiger partial charge in [-0.15, -0.1) is 23.1 Å². The lowest BCUT2D eigenvalue weighted by atomic mass is 10.8. The molecule has 0 bridgehead atoms. The first-order chi connectivity index (χ1) is 9.16. The van der Waals surface area contributed by atoms with Crippen molar-refractivity contribution < 1.29 is 8.78 Å². The average molecular weight is 276 g/mol. The lowest BCUT2D eigenvalue weighted by molar-refractivity contribution is 0.775. The van der Waals surface area contributed by atoms with Crippen molar-refractivity contribution in [3.63, 3.8) is 0 Å². The number of allylic oxidation sites excluding steroid dienone is 2. The van der Waals surface area contributed by atoms with Crippen LogP contribution < -0.4 is 0 Å². The van der Waals surface area contributed by atoms with Crippen molar-refractivity contribution >= 4 is 6.47 Å². The van der Waals surface area contributed by atoms with Gasteiger partial charge < -0.3 is 0 Å². The van der Waals surface area contributed by atoms with Gasteiger partial charge in [-0.3, -0.25) is 0 Å². The number of terminal acetylenes is 1. The molecule has 0 saturated heterocycles. The highest BCUT2D eigenvalue weighted by Crippen LogP contribution is 1.66. The van der Waals surface area contributed by atoms with Crippen LogP contribution in [0.25, 0.3) is 10.4 Å². The maximum atomic E-state index is 10.6. The average Bonchev–Trinajstić information content (AvgIpc) is 2.44. The van der Waals surface area contributed by atoms with Gasteiger partial charge in [-0.05, 0) is 18.9 Å². The summed E-state index contributed by atoms with van der Waals surface area (Å²) in [4.78, 5) is 2.11. The third-order valence-electron chi connectivity index (χ3n) is 0.135. The van der Waals surface area contributed by atoms with Gasteiger partial charge in [-0.1, -0.05) is 46.3 Å². The molecule has 0 radical (unpaired) electrons. The van der Waals surface area contributed by atoms with E-state index in [2.05, 4.69) is 34.8 Å². The molecule has 0 aliphatic rings. The van der Waals surface area contributed by atoms with E-state index in [9.17, 15) is 8.78 Å². The van der Waals surface area contributed by atoms with E-state index in [1.165, 1.54) is 0 Å². The van der Waals surface area contributed by atoms with E-state index < -0.39 is 0 Å². The molecule has 0 aromatic heterocycles. The first-order valence-electron chi connectivity index (χ1n) is 5.53. The van der Waals surface area contributed by atoms with Crippen molar-refractivity contribution in [3.05, 3.63) is 35.8 Å². The molecule has 0 atom stereocenters. The summed E-state index contributed by atoms with van der Waals surface area (Å²) in [6.07, 6.45) is 8.18. The third kappa shape index (κ3) is 3950. The Bertz CT molecular complexity index is 221. The zero-order valence-corrected chi connectivity index (χ0v) is 12.8. The molecule has 0 rings (SSSR count). The molecule has 112 valence electrons. The highest BCUT2D eigenvalue weighted by Gasteiger charge is 1.57. The van der Waals surface area contributed by atoms with Gasteiger partial charge in [0.2, 0.25) is 0 Å². The van der Waals surface area contributed by atoms with Crippen molar-refractivity contribution in [1.82, 2.24) is 0 Å². The van der Waals surface area contributed by atoms with Crippen LogP contribution in [0.2, 0.25) is 0 Å². The van der Waals surface area contributed by atoms with Gasteiger partial charge in [0.05, 0.1) is 0 Å². The number of nitrogens with zero attached hydrogens (tertiary/aromatic N) is 4. The fraction of sp³-hybridized carbons (Fsp3) is 0.462. The van der Waals surface area contributed by atoms with Gasteiger partial charge in [-0.25, -0.2) is 0 Å². The molecule has 0 aromatic carbocycles. The smallest absolute Gasteiger partial charge is 0.165 e. The monoisotopic (exact) mass is 276 g/mol. The van der Waals surface area contributed by atoms with E-state index in [0.29, 0.717) is 0 Å². The Balaban J connectivity index is -0.0000000285. The van der Waals surface area contributed by atoms with E-state index in [1.54, 1.807) is 12.2 Å². The van der Waals surface area contributed by atoms with Crippen molar-refractivity contribution in [2.75, 3.05) is 0 Å². The summed E-state index contributed by atoms with van der Waals surface area (Å²) in [7, 11) is 0. The second kappa shape index (κ2) is 148. The molecule has 0 heterocycles. The molecule has 0 N–H and O–H groups in total. The minimum Gasteiger partial charge on any atom is -0.165 e. The lowest BCUT2D eigenvalue weighted by Crippen LogP contribution is -1.43. The molecule has 0 aromatic rings. The molecule has 0 spiro atoms. The van der Waals surface area contributed by atoms with Gasteiger partial charge in [0.15, 0.2) is 0 Å². The minimum absolute atomic E-state index is 0.0836. The molecule has 0 unspecified atom stereocenters. The highest BCUT2D eigenvalue weighted by molar-refractivity contribution is 5.43. The van der Waals surface area contributed by atoms with Crippen LogP contribution in [0, 0.1) is 12.6 Å². The zero-order chi connectivity index (χ0) is 16.9. The van der Waals surface area contributed by atoms with Crippen LogP contribution in [-0.2, 0) is 0 Å². The number of hydrogen-bond acceptors (Lipinski definition) is 1. The van der Waals surface area contributed by atoms with Gasteiger partial charge in [-0.2, -0.15) is 9.30 Å². The summed E-state index contributed by atoms with van der Waals surface area (Å²) >= 11 is 0. The van der Waals surface area contributed by atoms with Gasteiger partial charge in [0.1, 0.15) is 6.17 Å². The second-order valence-electron chi connectivity index (χ2n) is 1.32. The Labute approximate surface area is 116 Å². The Hall–Kier alpha value is -2.12. The van der Waals surface area contributed by atoms with E-state index >= 15 is 0 Å². The van der Waals surface area contributed by atoms with E-state index in [0.717, 1.165) is 6.17 Å². The van der Waals surface area contributed by atoms with E-state index in [-0.39, 0.29) is 6.47 Å². The van der Waals surface area contributed by atoms with Crippen molar-refractivity contribution in [2.45, 2.75) is 41.5 Å². The predicted octanol–water partition coefficient (Wildman–Crippen LogP) is 6.19. The maximum Gasteiger partial charge on any atom is 0.290 e. The lowest BCUT2D eigenvalue weighted by Gasteiger charge is -1.49. The normalized spacial score (nSPS) is 5.00. The van der Waals surface area contributed by atoms with Crippen molar-refractivity contribution in [3.8, 4) is 12.6 Å². The van der Waals surface area contributed by atoms with Crippen LogP contribution in [-0.4, -0.2) is 6.47 Å². The van der Waals surface area contributed by atoms with Crippen LogP contribution in [0.3, 0.4) is 0 Å². The number of rotatable bonds is 1. The molecule has 0 aliphatic heterocycles. The van der Waals surface area contributed by atoms with Gasteiger partial charge in [0, 0.05) is 5.22 Å². The second-order valence-corrected chi connectivity index (χ2v) is 1.32. The molecular weight excluding hydrogens is 250 g/mol. The topological polar surface area (TPSA) is 61.1 Å². The minimum atomic E-state index is -0.0836. The summed E-state index contributed by atoms with van der Waals surface area (Å²) in [5, 5.41) is 4.97. The predicted molar refractivity (Wildman–Crippen MR) is 83.1 cm³/mol. The summed E-state index contributed by atoms with van der Waals surface area (Å²) in [6, 6.07) is 0. The van der Waals surface area contributed by atoms with Crippen LogP contribution in [0.5, 0.6) is 0 Å². The number of halogens is 2. The molecule has 19 heavy (non-hydrogen) atoms. The molecule has 4 nitrogen and oxygen atoms in total. The Kier molecular flexibility index (Phi) is 279. The molecule has 0 amide bonds. The number of hydrogen-bond donors (Lipinski definition) is 0. The maximum absolute atomic E-state index is 10.6. The van der Waals surface area contributed by atoms with Gasteiger partial charge >= 0.3 is 0 Å². The van der Waals surface area contributed by atoms with Crippen molar-refractivity contribution in [2.24, 2.45) is 10.3 Å². The Morgan fingerprint density at radius 2 is 1.37 bits per heavy atom. The molecule has 6 heteroatoms. The van der Waals surface area contributed by atoms with Crippen LogP contribution in [0.4, 0.5) is 8.78 Å². The summed E-state index contributed by atoms with van der Waals surface area (Å²) < 4.78 is 20.4. The fourth-order valence-corrected chi connectivity index (χ4v) is 0.0426. The highest BCUT2D eigenvalue weighted by atomic mass is 19.1. The van der Waals surface area contributed by atoms with Crippen LogP contribution in [0.1, 0.15) is 41.5 Å². The quantitative estimate of drug-likeness (QED) is 0.104. The standard InChI is InChI=1S/2C3H6.C2HF.2C2H6.CHFN4/c2*1-3-2;1-2-3;2*1-2;2-1-4-6-5-3/h2*3H,1H2,2H3;1H;2*1-2H3;1H/b;;;;;4-1+. The molecule has 0 fully saturated rings. The Morgan fingerprint density at radius 3 is 1.42 bits per heavy atom. The van der Waals surface area contributed by atoms with Crippen molar-refractivity contribution in [1.29, 1.82) is 0 Å². The summed E-state index contributed by atoms with van der Waals surface area (Å²) in [6.45, 7) is 18.4. The summed E-state index contributed by atoms with van der Waals surface area (Å²) in [5.41, 5.74) is 7.38. The van der Waals surface area contributed by atoms with E-state index in [1.807, 2.05) is 41.5 Å². The third-order valence-corrected chi connectivity index (χ3v) is 0.135. The first kappa shape index (κ1) is 36.0. The molecule has 0 aliphatic carbocycles. The van der Waals surface area contributed by atoms with Crippen LogP contribution in [0.15, 0.2) is 35.6 Å². The molecule has 0 saturated carbocycles. The largest absolute Gasteiger partial charge is 0.290 e. The zero-order valence-electron chi connectivity index (χ0n) is 12.8. The molecular formula is C13H26F2N4. The SMILES string of the molecule is C#CF.C=CC.C=CC.CC.CC.[N-]=[N+]=N/N=C/F. The van der Waals surface area contributed by atoms with E-state index in [4.69, 9.17) is 5.53 Å². The summed E-state index contributed by atoms with van der Waals surface area (Å²) in [5.74, 6) is 0. The fourth-order valence-electron chi connectivity index (χ4n) is 0.0426. The van der Waals surface area contributed by atoms with Crippen LogP contribution >= 0.6 is 0 Å². The Morgan fingerprint density at radius 1 is 1.16 bits per heavy atom. The first-order valence-corrected chi connectivity index (χ1v) is 5.53.